The summed E-state index contributed by atoms with van der Waals surface area (Å²) >= 11 is 0. The normalized spacial score (nSPS) is 14.2. The van der Waals surface area contributed by atoms with Crippen LogP contribution in [0.3, 0.4) is 0 Å². The first-order valence-corrected chi connectivity index (χ1v) is 9.00. The lowest BCUT2D eigenvalue weighted by molar-refractivity contribution is 0.269. The average molecular weight is 294 g/mol. The molecule has 0 bridgehead atoms. The summed E-state index contributed by atoms with van der Waals surface area (Å²) in [5.74, 6) is 0.945. The fourth-order valence-electron chi connectivity index (χ4n) is 2.91. The van der Waals surface area contributed by atoms with Gasteiger partial charge in [0.2, 0.25) is 0 Å². The predicted octanol–water partition coefficient (Wildman–Crippen LogP) is 6.05. The van der Waals surface area contributed by atoms with E-state index in [1.54, 1.807) is 6.20 Å². The third-order valence-electron chi connectivity index (χ3n) is 4.82. The molecule has 1 aromatic heterocycles. The fraction of sp³-hybridized carbons (Fsp3) is 0.889. The maximum atomic E-state index is 5.27. The second-order valence-corrected chi connectivity index (χ2v) is 6.63. The van der Waals surface area contributed by atoms with E-state index in [4.69, 9.17) is 4.52 Å². The van der Waals surface area contributed by atoms with Gasteiger partial charge in [0.05, 0.1) is 6.20 Å². The molecule has 0 spiro atoms. The van der Waals surface area contributed by atoms with Crippen molar-refractivity contribution in [2.45, 2.75) is 103 Å². The molecule has 1 aromatic rings. The van der Waals surface area contributed by atoms with Crippen molar-refractivity contribution in [1.82, 2.24) is 10.4 Å². The van der Waals surface area contributed by atoms with E-state index < -0.39 is 0 Å². The zero-order valence-electron chi connectivity index (χ0n) is 14.4. The molecule has 0 aliphatic heterocycles. The molecule has 0 N–H and O–H groups in total. The van der Waals surface area contributed by atoms with Crippen molar-refractivity contribution in [3.8, 4) is 0 Å². The molecule has 21 heavy (non-hydrogen) atoms. The van der Waals surface area contributed by atoms with Gasteiger partial charge in [-0.25, -0.2) is 0 Å². The lowest BCUT2D eigenvalue weighted by atomic mass is 9.80. The molecule has 1 heterocycles. The molecule has 1 atom stereocenters. The van der Waals surface area contributed by atoms with E-state index in [9.17, 15) is 0 Å². The maximum absolute atomic E-state index is 5.27. The van der Waals surface area contributed by atoms with Gasteiger partial charge in [-0.05, 0) is 12.8 Å². The van der Waals surface area contributed by atoms with Crippen LogP contribution in [-0.4, -0.2) is 10.4 Å². The number of rotatable bonds is 13. The third-order valence-corrected chi connectivity index (χ3v) is 4.82. The Morgan fingerprint density at radius 2 is 1.48 bits per heavy atom. The first-order valence-electron chi connectivity index (χ1n) is 9.00. The summed E-state index contributed by atoms with van der Waals surface area (Å²) in [5.41, 5.74) is 0.115. The van der Waals surface area contributed by atoms with E-state index in [0.717, 1.165) is 12.2 Å². The van der Waals surface area contributed by atoms with Gasteiger partial charge in [0.25, 0.3) is 0 Å². The summed E-state index contributed by atoms with van der Waals surface area (Å²) in [4.78, 5) is 0. The summed E-state index contributed by atoms with van der Waals surface area (Å²) in [6.45, 7) is 6.76. The molecule has 0 radical (unpaired) electrons. The van der Waals surface area contributed by atoms with Crippen LogP contribution in [0.1, 0.15) is 104 Å². The quantitative estimate of drug-likeness (QED) is 0.416. The molecular weight excluding hydrogens is 260 g/mol. The van der Waals surface area contributed by atoms with Gasteiger partial charge in [0.1, 0.15) is 0 Å². The van der Waals surface area contributed by atoms with Crippen molar-refractivity contribution in [2.75, 3.05) is 0 Å². The van der Waals surface area contributed by atoms with E-state index in [2.05, 4.69) is 31.1 Å². The first-order chi connectivity index (χ1) is 10.2. The van der Waals surface area contributed by atoms with Gasteiger partial charge >= 0.3 is 0 Å². The Hall–Kier alpha value is -0.860. The van der Waals surface area contributed by atoms with Crippen LogP contribution in [0.2, 0.25) is 0 Å². The van der Waals surface area contributed by atoms with E-state index in [-0.39, 0.29) is 5.41 Å². The van der Waals surface area contributed by atoms with Crippen LogP contribution < -0.4 is 0 Å². The fourth-order valence-corrected chi connectivity index (χ4v) is 2.91. The Morgan fingerprint density at radius 1 is 0.905 bits per heavy atom. The Kier molecular flexibility index (Phi) is 9.36. The van der Waals surface area contributed by atoms with E-state index in [0.29, 0.717) is 0 Å². The second kappa shape index (κ2) is 10.8. The molecule has 0 aliphatic rings. The minimum atomic E-state index is 0.115. The number of hydrogen-bond donors (Lipinski definition) is 0. The minimum Gasteiger partial charge on any atom is -0.342 e. The van der Waals surface area contributed by atoms with Crippen LogP contribution in [0.5, 0.6) is 0 Å². The van der Waals surface area contributed by atoms with Crippen molar-refractivity contribution in [1.29, 1.82) is 0 Å². The molecule has 3 nitrogen and oxygen atoms in total. The largest absolute Gasteiger partial charge is 0.342 e. The molecule has 0 aliphatic carbocycles. The molecule has 122 valence electrons. The number of nitrogens with zero attached hydrogens (tertiary/aromatic N) is 2. The van der Waals surface area contributed by atoms with Crippen LogP contribution in [0.25, 0.3) is 0 Å². The van der Waals surface area contributed by atoms with Gasteiger partial charge in [-0.2, -0.15) is 0 Å². The molecule has 0 fully saturated rings. The Bertz CT molecular complexity index is 337. The van der Waals surface area contributed by atoms with Gasteiger partial charge in [-0.15, -0.1) is 5.10 Å². The lowest BCUT2D eigenvalue weighted by Crippen LogP contribution is -2.20. The molecule has 1 rings (SSSR count). The van der Waals surface area contributed by atoms with Gasteiger partial charge < -0.3 is 4.52 Å². The first kappa shape index (κ1) is 18.2. The Balaban J connectivity index is 2.03. The summed E-state index contributed by atoms with van der Waals surface area (Å²) in [5, 5.41) is 7.43. The summed E-state index contributed by atoms with van der Waals surface area (Å²) in [6.07, 6.45) is 17.9. The van der Waals surface area contributed by atoms with Gasteiger partial charge in [0, 0.05) is 10.7 Å². The van der Waals surface area contributed by atoms with Crippen molar-refractivity contribution in [3.63, 3.8) is 0 Å². The van der Waals surface area contributed by atoms with Gasteiger partial charge in [-0.3, -0.25) is 0 Å². The van der Waals surface area contributed by atoms with Crippen molar-refractivity contribution >= 4 is 0 Å². The molecular formula is C18H34N2O. The SMILES string of the molecule is CCCCCCCCCCCCC(C)(CC)c1cnno1. The van der Waals surface area contributed by atoms with Crippen molar-refractivity contribution in [2.24, 2.45) is 0 Å². The van der Waals surface area contributed by atoms with Crippen molar-refractivity contribution in [3.05, 3.63) is 12.0 Å². The highest BCUT2D eigenvalue weighted by atomic mass is 16.5. The summed E-state index contributed by atoms with van der Waals surface area (Å²) in [6, 6.07) is 0. The maximum Gasteiger partial charge on any atom is 0.163 e. The lowest BCUT2D eigenvalue weighted by Gasteiger charge is -2.24. The molecule has 0 aromatic carbocycles. The van der Waals surface area contributed by atoms with Gasteiger partial charge in [-0.1, -0.05) is 85.0 Å². The zero-order chi connectivity index (χ0) is 15.4. The Morgan fingerprint density at radius 3 is 1.95 bits per heavy atom. The molecule has 0 amide bonds. The third kappa shape index (κ3) is 7.10. The second-order valence-electron chi connectivity index (χ2n) is 6.63. The van der Waals surface area contributed by atoms with Crippen LogP contribution in [0.15, 0.2) is 10.7 Å². The number of aromatic nitrogens is 2. The molecule has 1 unspecified atom stereocenters. The van der Waals surface area contributed by atoms with Gasteiger partial charge in [0.15, 0.2) is 5.76 Å². The molecule has 3 heteroatoms. The zero-order valence-corrected chi connectivity index (χ0v) is 14.4. The van der Waals surface area contributed by atoms with Crippen LogP contribution in [0, 0.1) is 0 Å². The highest BCUT2D eigenvalue weighted by Gasteiger charge is 2.28. The molecule has 0 saturated heterocycles. The topological polar surface area (TPSA) is 38.9 Å². The predicted molar refractivity (Wildman–Crippen MR) is 88.4 cm³/mol. The van der Waals surface area contributed by atoms with E-state index in [1.807, 2.05) is 0 Å². The van der Waals surface area contributed by atoms with E-state index in [1.165, 1.54) is 70.6 Å². The summed E-state index contributed by atoms with van der Waals surface area (Å²) in [7, 11) is 0. The van der Waals surface area contributed by atoms with Crippen molar-refractivity contribution < 1.29 is 4.52 Å². The highest BCUT2D eigenvalue weighted by molar-refractivity contribution is 5.06. The summed E-state index contributed by atoms with van der Waals surface area (Å²) < 4.78 is 5.27. The number of unbranched alkanes of at least 4 members (excludes halogenated alkanes) is 9. The minimum absolute atomic E-state index is 0.115. The average Bonchev–Trinajstić information content (AvgIpc) is 3.04. The molecule has 0 saturated carbocycles. The smallest absolute Gasteiger partial charge is 0.163 e. The van der Waals surface area contributed by atoms with Crippen LogP contribution in [-0.2, 0) is 5.41 Å². The van der Waals surface area contributed by atoms with Crippen LogP contribution in [0.4, 0.5) is 0 Å². The Labute approximate surface area is 130 Å². The monoisotopic (exact) mass is 294 g/mol. The number of hydrogen-bond acceptors (Lipinski definition) is 3. The van der Waals surface area contributed by atoms with E-state index >= 15 is 0 Å². The standard InChI is InChI=1S/C18H34N2O/c1-4-6-7-8-9-10-11-12-13-14-15-18(3,5-2)17-16-19-20-21-17/h16H,4-15H2,1-3H3. The van der Waals surface area contributed by atoms with Crippen LogP contribution >= 0.6 is 0 Å². The highest BCUT2D eigenvalue weighted by Crippen LogP contribution is 2.32.